The van der Waals surface area contributed by atoms with E-state index in [2.05, 4.69) is 26.3 Å². The van der Waals surface area contributed by atoms with Gasteiger partial charge in [-0.15, -0.1) is 4.74 Å². The standard InChI is InChI=1S/C36H49N9O11/c1-35(2)36(3,4)45(55)32(44(35)54)22-12-14-23(15-13-22)56-20-28(47)41-24(11-8-16-39-34(37)38)30(50)40-19-27(46)42-25(18-29(48)49)31(51)43-26(33(52)53)17-21-9-6-5-7-10-21/h5-7,9-10,12-15,24-26,44H,8,11,16-20H2,1-4H3,(H,40,50)(H,41,47)(H,42,46)(H,43,51)(H,48,49)(H,52,53)(H4,37,38,39)/t24-,25-,26-/m0/s1. The number of rotatable bonds is 20. The molecule has 20 heteroatoms. The van der Waals surface area contributed by atoms with Crippen molar-refractivity contribution in [3.63, 3.8) is 0 Å². The summed E-state index contributed by atoms with van der Waals surface area (Å²) in [5.41, 5.74) is 9.79. The summed E-state index contributed by atoms with van der Waals surface area (Å²) < 4.78 is 6.26. The molecular formula is C36H49N9O11. The van der Waals surface area contributed by atoms with Crippen LogP contribution in [0.1, 0.15) is 58.1 Å². The monoisotopic (exact) mass is 783 g/mol. The molecule has 2 aromatic carbocycles. The lowest BCUT2D eigenvalue weighted by Crippen LogP contribution is -3.17. The number of nitrogens with two attached hydrogens (primary N) is 2. The van der Waals surface area contributed by atoms with Gasteiger partial charge in [-0.1, -0.05) is 30.3 Å². The van der Waals surface area contributed by atoms with Gasteiger partial charge in [0.15, 0.2) is 18.1 Å². The van der Waals surface area contributed by atoms with Gasteiger partial charge < -0.3 is 58.1 Å². The van der Waals surface area contributed by atoms with Gasteiger partial charge in [-0.2, -0.15) is 0 Å². The molecule has 1 heterocycles. The van der Waals surface area contributed by atoms with E-state index in [4.69, 9.17) is 16.2 Å². The lowest BCUT2D eigenvalue weighted by molar-refractivity contribution is -0.805. The van der Waals surface area contributed by atoms with Crippen molar-refractivity contribution in [3.8, 4) is 5.75 Å². The first-order valence-electron chi connectivity index (χ1n) is 17.6. The molecule has 56 heavy (non-hydrogen) atoms. The summed E-state index contributed by atoms with van der Waals surface area (Å²) >= 11 is 0. The number of amides is 4. The van der Waals surface area contributed by atoms with Crippen molar-refractivity contribution >= 4 is 47.4 Å². The summed E-state index contributed by atoms with van der Waals surface area (Å²) in [7, 11) is 0. The fraction of sp³-hybridized carbons (Fsp3) is 0.444. The molecule has 304 valence electrons. The predicted molar refractivity (Wildman–Crippen MR) is 201 cm³/mol. The topological polar surface area (TPSA) is 318 Å². The van der Waals surface area contributed by atoms with Crippen LogP contribution < -0.4 is 42.5 Å². The van der Waals surface area contributed by atoms with Crippen LogP contribution >= 0.6 is 0 Å². The van der Waals surface area contributed by atoms with Crippen molar-refractivity contribution in [1.82, 2.24) is 21.3 Å². The Hall–Kier alpha value is -6.28. The average molecular weight is 784 g/mol. The number of quaternary nitrogens is 1. The Morgan fingerprint density at radius 1 is 0.875 bits per heavy atom. The van der Waals surface area contributed by atoms with Crippen LogP contribution in [0.25, 0.3) is 0 Å². The summed E-state index contributed by atoms with van der Waals surface area (Å²) in [5.74, 6) is -6.38. The molecule has 1 aliphatic rings. The number of hydrogen-bond acceptors (Lipinski definition) is 10. The Morgan fingerprint density at radius 3 is 2.05 bits per heavy atom. The first-order valence-corrected chi connectivity index (χ1v) is 17.6. The average Bonchev–Trinajstić information content (AvgIpc) is 3.25. The second-order valence-corrected chi connectivity index (χ2v) is 14.1. The van der Waals surface area contributed by atoms with Crippen LogP contribution in [0.15, 0.2) is 59.6 Å². The van der Waals surface area contributed by atoms with Gasteiger partial charge in [0, 0.05) is 26.8 Å². The number of hydroxylamine groups is 3. The molecule has 0 radical (unpaired) electrons. The Bertz CT molecular complexity index is 1810. The van der Waals surface area contributed by atoms with Gasteiger partial charge in [0.25, 0.3) is 5.91 Å². The third-order valence-electron chi connectivity index (χ3n) is 9.47. The molecular weight excluding hydrogens is 734 g/mol. The number of aliphatic carboxylic acids is 2. The van der Waals surface area contributed by atoms with Crippen molar-refractivity contribution in [2.45, 2.75) is 82.6 Å². The zero-order chi connectivity index (χ0) is 41.8. The second kappa shape index (κ2) is 19.4. The van der Waals surface area contributed by atoms with Gasteiger partial charge in [-0.25, -0.2) is 4.79 Å². The highest BCUT2D eigenvalue weighted by molar-refractivity contribution is 5.95. The third kappa shape index (κ3) is 11.9. The van der Waals surface area contributed by atoms with Crippen LogP contribution in [-0.2, 0) is 35.2 Å². The van der Waals surface area contributed by atoms with E-state index in [1.807, 2.05) is 0 Å². The minimum atomic E-state index is -1.69. The normalized spacial score (nSPS) is 17.1. The first-order chi connectivity index (χ1) is 26.2. The molecule has 3 rings (SSSR count). The zero-order valence-corrected chi connectivity index (χ0v) is 31.5. The number of ether oxygens (including phenoxy) is 1. The van der Waals surface area contributed by atoms with Gasteiger partial charge in [0.1, 0.15) is 29.4 Å². The fourth-order valence-electron chi connectivity index (χ4n) is 5.56. The fourth-order valence-corrected chi connectivity index (χ4v) is 5.56. The molecule has 4 amide bonds. The number of carbonyl (C=O) groups excluding carboxylic acids is 4. The highest BCUT2D eigenvalue weighted by atomic mass is 16.5. The summed E-state index contributed by atoms with van der Waals surface area (Å²) in [6, 6.07) is 10.0. The van der Waals surface area contributed by atoms with Gasteiger partial charge in [-0.05, 0) is 56.5 Å². The minimum Gasteiger partial charge on any atom is -0.624 e. The minimum absolute atomic E-state index is 0.0116. The van der Waals surface area contributed by atoms with E-state index in [9.17, 15) is 49.4 Å². The van der Waals surface area contributed by atoms with E-state index in [0.29, 0.717) is 15.9 Å². The Labute approximate surface area is 322 Å². The summed E-state index contributed by atoms with van der Waals surface area (Å²) in [5, 5.41) is 54.0. The molecule has 0 spiro atoms. The maximum absolute atomic E-state index is 13.2. The lowest BCUT2D eigenvalue weighted by Gasteiger charge is -2.34. The number of amidine groups is 1. The highest BCUT2D eigenvalue weighted by Gasteiger charge is 2.60. The number of benzene rings is 2. The van der Waals surface area contributed by atoms with Crippen molar-refractivity contribution in [2.24, 2.45) is 16.5 Å². The number of guanidine groups is 1. The molecule has 0 fully saturated rings. The molecule has 1 unspecified atom stereocenters. The third-order valence-corrected chi connectivity index (χ3v) is 9.47. The molecule has 0 saturated heterocycles. The van der Waals surface area contributed by atoms with Crippen LogP contribution in [0.3, 0.4) is 0 Å². The summed E-state index contributed by atoms with van der Waals surface area (Å²) in [6.07, 6.45) is -0.765. The number of carboxylic acid groups (broad SMARTS) is 2. The summed E-state index contributed by atoms with van der Waals surface area (Å²) in [6.45, 7) is 5.62. The predicted octanol–water partition coefficient (Wildman–Crippen LogP) is -2.30. The van der Waals surface area contributed by atoms with Crippen LogP contribution in [0.5, 0.6) is 5.75 Å². The van der Waals surface area contributed by atoms with E-state index < -0.39 is 84.3 Å². The van der Waals surface area contributed by atoms with E-state index >= 15 is 0 Å². The second-order valence-electron chi connectivity index (χ2n) is 14.1. The van der Waals surface area contributed by atoms with Crippen LogP contribution in [0.4, 0.5) is 0 Å². The number of carboxylic acids is 2. The van der Waals surface area contributed by atoms with Crippen molar-refractivity contribution in [3.05, 3.63) is 76.1 Å². The van der Waals surface area contributed by atoms with Crippen molar-refractivity contribution in [1.29, 1.82) is 0 Å². The number of aliphatic imine (C=N–C) groups is 1. The molecule has 20 nitrogen and oxygen atoms in total. The Balaban J connectivity index is 1.61. The van der Waals surface area contributed by atoms with Crippen molar-refractivity contribution in [2.75, 3.05) is 19.7 Å². The molecule has 0 aliphatic carbocycles. The molecule has 2 aromatic rings. The Kier molecular flexibility index (Phi) is 15.2. The van der Waals surface area contributed by atoms with Gasteiger partial charge in [-0.3, -0.25) is 34.0 Å². The lowest BCUT2D eigenvalue weighted by atomic mass is 9.84. The molecule has 0 saturated carbocycles. The smallest absolute Gasteiger partial charge is 0.381 e. The number of carbonyl (C=O) groups is 6. The highest BCUT2D eigenvalue weighted by Crippen LogP contribution is 2.27. The van der Waals surface area contributed by atoms with Crippen molar-refractivity contribution < 1.29 is 53.5 Å². The van der Waals surface area contributed by atoms with Crippen LogP contribution in [-0.4, -0.2) is 111 Å². The number of nitrogens with one attached hydrogen (secondary N) is 5. The first kappa shape index (κ1) is 44.1. The molecule has 0 aromatic heterocycles. The van der Waals surface area contributed by atoms with Gasteiger partial charge in [0.2, 0.25) is 23.3 Å². The summed E-state index contributed by atoms with van der Waals surface area (Å²) in [4.78, 5) is 78.9. The van der Waals surface area contributed by atoms with Crippen LogP contribution in [0, 0.1) is 10.4 Å². The SMILES string of the molecule is CC1(C)[N+]([O-])=C(c2ccc(OCC(=O)N[C@@H](CCCN=C(N)N)C(=O)NCC(=O)N[C@@H](CC(=O)O)C(=O)N[C@@H](Cc3ccccc3)C(=O)O)cc2)[NH+]([O-])C1(C)C. The van der Waals surface area contributed by atoms with Crippen LogP contribution in [0.2, 0.25) is 0 Å². The molecule has 0 bridgehead atoms. The van der Waals surface area contributed by atoms with Gasteiger partial charge >= 0.3 is 17.8 Å². The van der Waals surface area contributed by atoms with E-state index in [0.717, 1.165) is 0 Å². The largest absolute Gasteiger partial charge is 0.624 e. The maximum Gasteiger partial charge on any atom is 0.381 e. The molecule has 1 aliphatic heterocycles. The number of nitrogens with zero attached hydrogens (tertiary/aromatic N) is 2. The van der Waals surface area contributed by atoms with Gasteiger partial charge in [0.05, 0.1) is 13.0 Å². The Morgan fingerprint density at radius 2 is 1.50 bits per heavy atom. The maximum atomic E-state index is 13.2. The van der Waals surface area contributed by atoms with E-state index in [-0.39, 0.29) is 48.4 Å². The van der Waals surface area contributed by atoms with E-state index in [1.165, 1.54) is 24.3 Å². The number of hydrogen-bond donors (Lipinski definition) is 9. The zero-order valence-electron chi connectivity index (χ0n) is 31.5. The molecule has 4 atom stereocenters. The quantitative estimate of drug-likeness (QED) is 0.0225. The van der Waals surface area contributed by atoms with E-state index in [1.54, 1.807) is 58.0 Å². The molecule has 11 N–H and O–H groups in total.